The van der Waals surface area contributed by atoms with Crippen molar-refractivity contribution in [3.8, 4) is 0 Å². The van der Waals surface area contributed by atoms with Crippen molar-refractivity contribution < 1.29 is 4.79 Å². The summed E-state index contributed by atoms with van der Waals surface area (Å²) in [5.41, 5.74) is 1.06. The highest BCUT2D eigenvalue weighted by molar-refractivity contribution is 9.11. The smallest absolute Gasteiger partial charge is 0.173 e. The minimum atomic E-state index is 0.207. The molecule has 0 aromatic carbocycles. The van der Waals surface area contributed by atoms with Crippen LogP contribution in [0, 0.1) is 0 Å². The summed E-state index contributed by atoms with van der Waals surface area (Å²) in [6.45, 7) is 5.71. The molecule has 3 heteroatoms. The monoisotopic (exact) mass is 258 g/mol. The molecule has 1 nitrogen and oxygen atoms in total. The zero-order valence-electron chi connectivity index (χ0n) is 7.47. The molecule has 13 heavy (non-hydrogen) atoms. The van der Waals surface area contributed by atoms with Gasteiger partial charge in [0, 0.05) is 6.42 Å². The lowest BCUT2D eigenvalue weighted by Gasteiger charge is -1.96. The van der Waals surface area contributed by atoms with Crippen molar-refractivity contribution >= 4 is 33.0 Å². The number of rotatable bonds is 4. The predicted octanol–water partition coefficient (Wildman–Crippen LogP) is 4.05. The number of Topliss-reactive ketones (excluding diaryl/α,β-unsaturated/α-hetero) is 1. The summed E-state index contributed by atoms with van der Waals surface area (Å²) in [4.78, 5) is 12.3. The van der Waals surface area contributed by atoms with Crippen LogP contribution in [0.3, 0.4) is 0 Å². The highest BCUT2D eigenvalue weighted by Gasteiger charge is 2.07. The largest absolute Gasteiger partial charge is 0.293 e. The van der Waals surface area contributed by atoms with Gasteiger partial charge in [0.05, 0.1) is 8.66 Å². The molecule has 0 N–H and O–H groups in total. The molecule has 0 aliphatic heterocycles. The molecule has 1 heterocycles. The Kier molecular flexibility index (Phi) is 3.88. The Balaban J connectivity index is 2.54. The maximum Gasteiger partial charge on any atom is 0.173 e. The number of allylic oxidation sites excluding steroid dienone is 1. The fourth-order valence-electron chi connectivity index (χ4n) is 0.914. The molecule has 70 valence electrons. The molecule has 0 fully saturated rings. The van der Waals surface area contributed by atoms with Crippen molar-refractivity contribution in [3.63, 3.8) is 0 Å². The Bertz CT molecular complexity index is 327. The van der Waals surface area contributed by atoms with E-state index in [9.17, 15) is 4.79 Å². The summed E-state index contributed by atoms with van der Waals surface area (Å²) < 4.78 is 1.01. The van der Waals surface area contributed by atoms with Crippen LogP contribution in [0.1, 0.15) is 29.4 Å². The van der Waals surface area contributed by atoms with Crippen LogP contribution in [0.15, 0.2) is 28.1 Å². The van der Waals surface area contributed by atoms with Crippen LogP contribution in [-0.2, 0) is 0 Å². The molecule has 1 rings (SSSR count). The molecule has 0 saturated heterocycles. The van der Waals surface area contributed by atoms with E-state index in [4.69, 9.17) is 0 Å². The van der Waals surface area contributed by atoms with Gasteiger partial charge in [0.15, 0.2) is 5.78 Å². The third kappa shape index (κ3) is 3.44. The Morgan fingerprint density at radius 3 is 2.69 bits per heavy atom. The Hall–Kier alpha value is -0.410. The SMILES string of the molecule is C=C(C)CCC(=O)c1ccc(Br)s1. The molecule has 0 saturated carbocycles. The summed E-state index contributed by atoms with van der Waals surface area (Å²) in [6, 6.07) is 3.76. The van der Waals surface area contributed by atoms with Gasteiger partial charge in [-0.25, -0.2) is 0 Å². The summed E-state index contributed by atoms with van der Waals surface area (Å²) in [5, 5.41) is 0. The van der Waals surface area contributed by atoms with Gasteiger partial charge in [-0.3, -0.25) is 4.79 Å². The molecule has 1 aromatic heterocycles. The van der Waals surface area contributed by atoms with E-state index in [1.165, 1.54) is 11.3 Å². The molecular formula is C10H11BrOS. The number of hydrogen-bond acceptors (Lipinski definition) is 2. The number of carbonyl (C=O) groups is 1. The average Bonchev–Trinajstić information content (AvgIpc) is 2.47. The Labute approximate surface area is 90.6 Å². The van der Waals surface area contributed by atoms with Gasteiger partial charge in [-0.2, -0.15) is 0 Å². The number of ketones is 1. The fraction of sp³-hybridized carbons (Fsp3) is 0.300. The van der Waals surface area contributed by atoms with Gasteiger partial charge in [-0.15, -0.1) is 17.9 Å². The quantitative estimate of drug-likeness (QED) is 0.589. The van der Waals surface area contributed by atoms with E-state index in [1.54, 1.807) is 0 Å². The van der Waals surface area contributed by atoms with Gasteiger partial charge >= 0.3 is 0 Å². The zero-order chi connectivity index (χ0) is 9.84. The number of thiophene rings is 1. The van der Waals surface area contributed by atoms with E-state index >= 15 is 0 Å². The van der Waals surface area contributed by atoms with Crippen molar-refractivity contribution in [1.82, 2.24) is 0 Å². The first kappa shape index (κ1) is 10.7. The van der Waals surface area contributed by atoms with Crippen LogP contribution < -0.4 is 0 Å². The Morgan fingerprint density at radius 1 is 1.54 bits per heavy atom. The van der Waals surface area contributed by atoms with Crippen molar-refractivity contribution in [1.29, 1.82) is 0 Å². The second-order valence-corrected chi connectivity index (χ2v) is 5.45. The Morgan fingerprint density at radius 2 is 2.23 bits per heavy atom. The van der Waals surface area contributed by atoms with E-state index in [0.717, 1.165) is 20.7 Å². The van der Waals surface area contributed by atoms with E-state index in [0.29, 0.717) is 6.42 Å². The summed E-state index contributed by atoms with van der Waals surface area (Å²) >= 11 is 4.81. The van der Waals surface area contributed by atoms with Crippen LogP contribution in [0.25, 0.3) is 0 Å². The lowest BCUT2D eigenvalue weighted by atomic mass is 10.1. The molecule has 0 aliphatic rings. The van der Waals surface area contributed by atoms with Gasteiger partial charge < -0.3 is 0 Å². The molecule has 0 radical (unpaired) electrons. The van der Waals surface area contributed by atoms with E-state index in [-0.39, 0.29) is 5.78 Å². The first-order chi connectivity index (χ1) is 6.09. The van der Waals surface area contributed by atoms with Crippen LogP contribution in [0.2, 0.25) is 0 Å². The first-order valence-electron chi connectivity index (χ1n) is 4.02. The third-order valence-electron chi connectivity index (χ3n) is 1.63. The maximum absolute atomic E-state index is 11.5. The highest BCUT2D eigenvalue weighted by atomic mass is 79.9. The first-order valence-corrected chi connectivity index (χ1v) is 5.63. The predicted molar refractivity (Wildman–Crippen MR) is 60.4 cm³/mol. The van der Waals surface area contributed by atoms with Crippen molar-refractivity contribution in [2.45, 2.75) is 19.8 Å². The highest BCUT2D eigenvalue weighted by Crippen LogP contribution is 2.23. The molecule has 0 atom stereocenters. The number of hydrogen-bond donors (Lipinski definition) is 0. The minimum absolute atomic E-state index is 0.207. The van der Waals surface area contributed by atoms with Gasteiger partial charge in [-0.1, -0.05) is 5.57 Å². The van der Waals surface area contributed by atoms with Crippen molar-refractivity contribution in [2.75, 3.05) is 0 Å². The lowest BCUT2D eigenvalue weighted by Crippen LogP contribution is -1.95. The second-order valence-electron chi connectivity index (χ2n) is 2.98. The zero-order valence-corrected chi connectivity index (χ0v) is 9.87. The van der Waals surface area contributed by atoms with E-state index < -0.39 is 0 Å². The van der Waals surface area contributed by atoms with Crippen LogP contribution in [-0.4, -0.2) is 5.78 Å². The molecular weight excluding hydrogens is 248 g/mol. The second kappa shape index (κ2) is 4.72. The van der Waals surface area contributed by atoms with E-state index in [2.05, 4.69) is 22.5 Å². The average molecular weight is 259 g/mol. The van der Waals surface area contributed by atoms with Crippen LogP contribution in [0.4, 0.5) is 0 Å². The summed E-state index contributed by atoms with van der Waals surface area (Å²) in [5.74, 6) is 0.207. The van der Waals surface area contributed by atoms with Gasteiger partial charge in [0.25, 0.3) is 0 Å². The third-order valence-corrected chi connectivity index (χ3v) is 3.29. The molecule has 0 amide bonds. The minimum Gasteiger partial charge on any atom is -0.293 e. The normalized spacial score (nSPS) is 10.0. The van der Waals surface area contributed by atoms with Crippen molar-refractivity contribution in [3.05, 3.63) is 32.9 Å². The van der Waals surface area contributed by atoms with E-state index in [1.807, 2.05) is 19.1 Å². The van der Waals surface area contributed by atoms with Crippen LogP contribution >= 0.6 is 27.3 Å². The summed E-state index contributed by atoms with van der Waals surface area (Å²) in [7, 11) is 0. The fourth-order valence-corrected chi connectivity index (χ4v) is 2.27. The summed E-state index contributed by atoms with van der Waals surface area (Å²) in [6.07, 6.45) is 1.36. The van der Waals surface area contributed by atoms with Gasteiger partial charge in [-0.05, 0) is 41.4 Å². The maximum atomic E-state index is 11.5. The van der Waals surface area contributed by atoms with Gasteiger partial charge in [0.1, 0.15) is 0 Å². The van der Waals surface area contributed by atoms with Crippen molar-refractivity contribution in [2.24, 2.45) is 0 Å². The molecule has 0 spiro atoms. The van der Waals surface area contributed by atoms with Crippen LogP contribution in [0.5, 0.6) is 0 Å². The molecule has 0 aliphatic carbocycles. The molecule has 0 bridgehead atoms. The number of halogens is 1. The topological polar surface area (TPSA) is 17.1 Å². The standard InChI is InChI=1S/C10H11BrOS/c1-7(2)3-4-8(12)9-5-6-10(11)13-9/h5-6H,1,3-4H2,2H3. The lowest BCUT2D eigenvalue weighted by molar-refractivity contribution is 0.0986. The van der Waals surface area contributed by atoms with Gasteiger partial charge in [0.2, 0.25) is 0 Å². The molecule has 0 unspecified atom stereocenters. The number of carbonyl (C=O) groups excluding carboxylic acids is 1. The molecule has 1 aromatic rings.